The molecule has 2 aromatic carbocycles. The van der Waals surface area contributed by atoms with Crippen LogP contribution in [0.4, 0.5) is 0 Å². The number of aromatic nitrogens is 1. The van der Waals surface area contributed by atoms with Crippen LogP contribution in [0.3, 0.4) is 0 Å². The van der Waals surface area contributed by atoms with Crippen LogP contribution in [-0.2, 0) is 0 Å². The summed E-state index contributed by atoms with van der Waals surface area (Å²) in [5.74, 6) is 1.10. The van der Waals surface area contributed by atoms with Crippen molar-refractivity contribution in [3.8, 4) is 22.1 Å². The maximum Gasteiger partial charge on any atom is 0.155 e. The predicted molar refractivity (Wildman–Crippen MR) is 83.5 cm³/mol. The minimum Gasteiger partial charge on any atom is -0.496 e. The van der Waals surface area contributed by atoms with E-state index in [-0.39, 0.29) is 0 Å². The molecule has 4 nitrogen and oxygen atoms in total. The summed E-state index contributed by atoms with van der Waals surface area (Å²) in [6.07, 6.45) is 0.799. The molecule has 0 atom stereocenters. The third-order valence-electron chi connectivity index (χ3n) is 3.21. The molecule has 0 unspecified atom stereocenters. The summed E-state index contributed by atoms with van der Waals surface area (Å²) in [6, 6.07) is 11.5. The van der Waals surface area contributed by atoms with Crippen LogP contribution in [0.15, 0.2) is 36.4 Å². The number of ether oxygens (including phenoxy) is 2. The van der Waals surface area contributed by atoms with Crippen LogP contribution in [0.5, 0.6) is 11.5 Å². The van der Waals surface area contributed by atoms with E-state index in [9.17, 15) is 4.79 Å². The fourth-order valence-corrected chi connectivity index (χ4v) is 3.27. The van der Waals surface area contributed by atoms with Gasteiger partial charge in [0, 0.05) is 11.6 Å². The molecule has 0 spiro atoms. The van der Waals surface area contributed by atoms with Crippen LogP contribution >= 0.6 is 11.3 Å². The Kier molecular flexibility index (Phi) is 3.58. The number of aldehydes is 1. The molecule has 3 rings (SSSR count). The van der Waals surface area contributed by atoms with E-state index in [0.29, 0.717) is 22.6 Å². The fraction of sp³-hybridized carbons (Fsp3) is 0.125. The number of benzene rings is 2. The van der Waals surface area contributed by atoms with Gasteiger partial charge in [-0.2, -0.15) is 0 Å². The van der Waals surface area contributed by atoms with E-state index in [1.165, 1.54) is 18.4 Å². The number of thiazole rings is 1. The summed E-state index contributed by atoms with van der Waals surface area (Å²) in [5, 5.41) is 0.847. The van der Waals surface area contributed by atoms with Crippen molar-refractivity contribution >= 4 is 27.8 Å². The van der Waals surface area contributed by atoms with Gasteiger partial charge in [0.05, 0.1) is 24.5 Å². The van der Waals surface area contributed by atoms with Gasteiger partial charge in [-0.25, -0.2) is 4.98 Å². The van der Waals surface area contributed by atoms with Crippen LogP contribution in [0.25, 0.3) is 20.8 Å². The van der Waals surface area contributed by atoms with Gasteiger partial charge in [-0.1, -0.05) is 30.3 Å². The van der Waals surface area contributed by atoms with Crippen LogP contribution < -0.4 is 9.47 Å². The van der Waals surface area contributed by atoms with Gasteiger partial charge in [-0.3, -0.25) is 4.79 Å². The van der Waals surface area contributed by atoms with E-state index in [0.717, 1.165) is 21.6 Å². The van der Waals surface area contributed by atoms with Crippen molar-refractivity contribution in [3.63, 3.8) is 0 Å². The molecule has 106 valence electrons. The molecule has 0 N–H and O–H groups in total. The van der Waals surface area contributed by atoms with Gasteiger partial charge in [0.2, 0.25) is 0 Å². The number of methoxy groups -OCH3 is 2. The molecule has 21 heavy (non-hydrogen) atoms. The zero-order valence-electron chi connectivity index (χ0n) is 11.6. The third-order valence-corrected chi connectivity index (χ3v) is 4.35. The Balaban J connectivity index is 2.31. The lowest BCUT2D eigenvalue weighted by atomic mass is 10.2. The van der Waals surface area contributed by atoms with Gasteiger partial charge >= 0.3 is 0 Å². The molecule has 3 aromatic rings. The molecule has 1 heterocycles. The summed E-state index contributed by atoms with van der Waals surface area (Å²) < 4.78 is 11.4. The molecule has 0 aliphatic carbocycles. The Labute approximate surface area is 126 Å². The number of hydrogen-bond donors (Lipinski definition) is 0. The van der Waals surface area contributed by atoms with E-state index in [1.54, 1.807) is 13.2 Å². The zero-order chi connectivity index (χ0) is 14.8. The van der Waals surface area contributed by atoms with E-state index < -0.39 is 0 Å². The molecule has 0 radical (unpaired) electrons. The fourth-order valence-electron chi connectivity index (χ4n) is 2.19. The van der Waals surface area contributed by atoms with E-state index >= 15 is 0 Å². The topological polar surface area (TPSA) is 48.4 Å². The third kappa shape index (κ3) is 2.25. The molecular formula is C16H13NO3S. The molecule has 0 saturated carbocycles. The first kappa shape index (κ1) is 13.6. The highest BCUT2D eigenvalue weighted by molar-refractivity contribution is 7.22. The number of hydrogen-bond acceptors (Lipinski definition) is 5. The Morgan fingerprint density at radius 1 is 1.10 bits per heavy atom. The van der Waals surface area contributed by atoms with Gasteiger partial charge in [-0.15, -0.1) is 11.3 Å². The van der Waals surface area contributed by atoms with Crippen LogP contribution in [0.1, 0.15) is 10.4 Å². The van der Waals surface area contributed by atoms with E-state index in [4.69, 9.17) is 9.47 Å². The summed E-state index contributed by atoms with van der Waals surface area (Å²) >= 11 is 1.46. The normalized spacial score (nSPS) is 10.6. The SMILES string of the molecule is COc1cc(OC)c2nc(-c3ccccc3)sc2c1C=O. The van der Waals surface area contributed by atoms with Crippen LogP contribution in [-0.4, -0.2) is 25.5 Å². The maximum atomic E-state index is 11.4. The molecular weight excluding hydrogens is 286 g/mol. The molecule has 0 aliphatic heterocycles. The first-order chi connectivity index (χ1) is 10.3. The summed E-state index contributed by atoms with van der Waals surface area (Å²) in [6.45, 7) is 0. The molecule has 0 saturated heterocycles. The molecule has 0 bridgehead atoms. The monoisotopic (exact) mass is 299 g/mol. The van der Waals surface area contributed by atoms with Gasteiger partial charge in [0.15, 0.2) is 6.29 Å². The summed E-state index contributed by atoms with van der Waals surface area (Å²) in [7, 11) is 3.11. The van der Waals surface area contributed by atoms with Crippen molar-refractivity contribution in [2.24, 2.45) is 0 Å². The predicted octanol–water partition coefficient (Wildman–Crippen LogP) is 3.79. The van der Waals surface area contributed by atoms with Crippen molar-refractivity contribution in [3.05, 3.63) is 42.0 Å². The standard InChI is InChI=1S/C16H13NO3S/c1-19-12-8-13(20-2)14-15(11(12)9-18)21-16(17-14)10-6-4-3-5-7-10/h3-9H,1-2H3. The smallest absolute Gasteiger partial charge is 0.155 e. The van der Waals surface area contributed by atoms with Crippen molar-refractivity contribution in [1.29, 1.82) is 0 Å². The largest absolute Gasteiger partial charge is 0.496 e. The first-order valence-electron chi connectivity index (χ1n) is 6.34. The Morgan fingerprint density at radius 3 is 2.43 bits per heavy atom. The zero-order valence-corrected chi connectivity index (χ0v) is 12.4. The second-order valence-corrected chi connectivity index (χ2v) is 5.37. The number of rotatable bonds is 4. The minimum absolute atomic E-state index is 0.498. The van der Waals surface area contributed by atoms with Gasteiger partial charge in [-0.05, 0) is 0 Å². The molecule has 0 fully saturated rings. The highest BCUT2D eigenvalue weighted by atomic mass is 32.1. The Morgan fingerprint density at radius 2 is 1.81 bits per heavy atom. The first-order valence-corrected chi connectivity index (χ1v) is 7.16. The minimum atomic E-state index is 0.498. The molecule has 5 heteroatoms. The van der Waals surface area contributed by atoms with Crippen molar-refractivity contribution in [2.75, 3.05) is 14.2 Å². The number of fused-ring (bicyclic) bond motifs is 1. The molecule has 0 amide bonds. The van der Waals surface area contributed by atoms with Crippen LogP contribution in [0, 0.1) is 0 Å². The van der Waals surface area contributed by atoms with E-state index in [2.05, 4.69) is 4.98 Å². The van der Waals surface area contributed by atoms with Gasteiger partial charge < -0.3 is 9.47 Å². The highest BCUT2D eigenvalue weighted by Crippen LogP contribution is 2.40. The average molecular weight is 299 g/mol. The van der Waals surface area contributed by atoms with E-state index in [1.807, 2.05) is 30.3 Å². The average Bonchev–Trinajstić information content (AvgIpc) is 2.99. The molecule has 1 aromatic heterocycles. The lowest BCUT2D eigenvalue weighted by molar-refractivity contribution is 0.112. The van der Waals surface area contributed by atoms with Crippen LogP contribution in [0.2, 0.25) is 0 Å². The maximum absolute atomic E-state index is 11.4. The summed E-state index contributed by atoms with van der Waals surface area (Å²) in [5.41, 5.74) is 2.20. The Hall–Kier alpha value is -2.40. The number of carbonyl (C=O) groups is 1. The molecule has 0 aliphatic rings. The van der Waals surface area contributed by atoms with Gasteiger partial charge in [0.25, 0.3) is 0 Å². The lowest BCUT2D eigenvalue weighted by Crippen LogP contribution is -1.93. The van der Waals surface area contributed by atoms with Crippen molar-refractivity contribution in [1.82, 2.24) is 4.98 Å². The number of carbonyl (C=O) groups excluding carboxylic acids is 1. The number of nitrogens with zero attached hydrogens (tertiary/aromatic N) is 1. The second-order valence-electron chi connectivity index (χ2n) is 4.38. The van der Waals surface area contributed by atoms with Gasteiger partial charge in [0.1, 0.15) is 22.0 Å². The quantitative estimate of drug-likeness (QED) is 0.688. The Bertz CT molecular complexity index is 796. The lowest BCUT2D eigenvalue weighted by Gasteiger charge is -2.07. The van der Waals surface area contributed by atoms with Crippen molar-refractivity contribution < 1.29 is 14.3 Å². The van der Waals surface area contributed by atoms with Crippen molar-refractivity contribution in [2.45, 2.75) is 0 Å². The second kappa shape index (κ2) is 5.54. The highest BCUT2D eigenvalue weighted by Gasteiger charge is 2.18. The summed E-state index contributed by atoms with van der Waals surface area (Å²) in [4.78, 5) is 16.0.